The average Bonchev–Trinajstić information content (AvgIpc) is 3.12. The second-order valence-corrected chi connectivity index (χ2v) is 7.44. The number of nitrogens with zero attached hydrogens (tertiary/aromatic N) is 2. The molecule has 0 spiro atoms. The smallest absolute Gasteiger partial charge is 0.0718 e. The summed E-state index contributed by atoms with van der Waals surface area (Å²) < 4.78 is 6.12. The van der Waals surface area contributed by atoms with Crippen molar-refractivity contribution in [3.8, 4) is 0 Å². The molecule has 2 atom stereocenters. The Morgan fingerprint density at radius 3 is 2.90 bits per heavy atom. The van der Waals surface area contributed by atoms with Gasteiger partial charge in [-0.3, -0.25) is 4.98 Å². The summed E-state index contributed by atoms with van der Waals surface area (Å²) in [4.78, 5) is 6.80. The monoisotopic (exact) mass is 286 g/mol. The van der Waals surface area contributed by atoms with Crippen LogP contribution in [0, 0.1) is 17.3 Å². The maximum Gasteiger partial charge on any atom is 0.0718 e. The van der Waals surface area contributed by atoms with Gasteiger partial charge in [0, 0.05) is 37.4 Å². The summed E-state index contributed by atoms with van der Waals surface area (Å²) in [6.07, 6.45) is 10.8. The summed E-state index contributed by atoms with van der Waals surface area (Å²) in [5.74, 6) is 1.90. The summed E-state index contributed by atoms with van der Waals surface area (Å²) in [6, 6.07) is 4.11. The largest absolute Gasteiger partial charge is 0.376 e. The van der Waals surface area contributed by atoms with Crippen LogP contribution in [0.25, 0.3) is 0 Å². The van der Waals surface area contributed by atoms with Crippen molar-refractivity contribution in [2.24, 2.45) is 17.3 Å². The lowest BCUT2D eigenvalue weighted by molar-refractivity contribution is 0.0267. The highest BCUT2D eigenvalue weighted by Gasteiger charge is 2.49. The Morgan fingerprint density at radius 1 is 1.24 bits per heavy atom. The summed E-state index contributed by atoms with van der Waals surface area (Å²) in [5, 5.41) is 0. The molecule has 2 aliphatic carbocycles. The van der Waals surface area contributed by atoms with Gasteiger partial charge in [0.2, 0.25) is 0 Å². The van der Waals surface area contributed by atoms with Crippen molar-refractivity contribution in [1.82, 2.24) is 9.88 Å². The molecule has 3 heteroatoms. The summed E-state index contributed by atoms with van der Waals surface area (Å²) >= 11 is 0. The van der Waals surface area contributed by atoms with Crippen LogP contribution >= 0.6 is 0 Å². The summed E-state index contributed by atoms with van der Waals surface area (Å²) in [7, 11) is 0. The van der Waals surface area contributed by atoms with Crippen LogP contribution in [-0.2, 0) is 11.3 Å². The number of fused-ring (bicyclic) bond motifs is 1. The molecule has 4 rings (SSSR count). The Bertz CT molecular complexity index is 473. The van der Waals surface area contributed by atoms with E-state index >= 15 is 0 Å². The minimum atomic E-state index is 0.460. The highest BCUT2D eigenvalue weighted by molar-refractivity contribution is 5.08. The normalized spacial score (nSPS) is 32.5. The molecule has 1 saturated heterocycles. The molecule has 1 aromatic rings. The van der Waals surface area contributed by atoms with E-state index in [1.54, 1.807) is 0 Å². The molecule has 2 heterocycles. The molecule has 0 radical (unpaired) electrons. The number of pyridine rings is 1. The predicted octanol–water partition coefficient (Wildman–Crippen LogP) is 3.11. The van der Waals surface area contributed by atoms with E-state index in [1.807, 2.05) is 12.4 Å². The molecule has 3 nitrogen and oxygen atoms in total. The third-order valence-electron chi connectivity index (χ3n) is 5.73. The lowest BCUT2D eigenvalue weighted by Crippen LogP contribution is -2.32. The van der Waals surface area contributed by atoms with E-state index in [9.17, 15) is 0 Å². The molecule has 0 amide bonds. The second-order valence-electron chi connectivity index (χ2n) is 7.44. The maximum atomic E-state index is 6.12. The van der Waals surface area contributed by atoms with Gasteiger partial charge in [-0.15, -0.1) is 0 Å². The Morgan fingerprint density at radius 2 is 2.10 bits per heavy atom. The van der Waals surface area contributed by atoms with Gasteiger partial charge in [-0.2, -0.15) is 0 Å². The number of aromatic nitrogens is 1. The van der Waals surface area contributed by atoms with Gasteiger partial charge >= 0.3 is 0 Å². The zero-order valence-corrected chi connectivity index (χ0v) is 12.8. The van der Waals surface area contributed by atoms with Crippen LogP contribution in [0.2, 0.25) is 0 Å². The molecule has 3 fully saturated rings. The molecule has 1 aliphatic heterocycles. The number of hydrogen-bond acceptors (Lipinski definition) is 3. The Kier molecular flexibility index (Phi) is 3.72. The highest BCUT2D eigenvalue weighted by Crippen LogP contribution is 2.49. The number of likely N-dealkylation sites (tertiary alicyclic amines) is 1. The van der Waals surface area contributed by atoms with E-state index in [1.165, 1.54) is 57.3 Å². The van der Waals surface area contributed by atoms with Crippen LogP contribution in [-0.4, -0.2) is 36.1 Å². The lowest BCUT2D eigenvalue weighted by atomic mass is 9.81. The zero-order valence-electron chi connectivity index (χ0n) is 12.8. The van der Waals surface area contributed by atoms with Gasteiger partial charge in [-0.1, -0.05) is 6.42 Å². The molecule has 3 aliphatic rings. The zero-order chi connectivity index (χ0) is 14.1. The summed E-state index contributed by atoms with van der Waals surface area (Å²) in [5.41, 5.74) is 1.70. The Balaban J connectivity index is 1.33. The third-order valence-corrected chi connectivity index (χ3v) is 5.73. The second kappa shape index (κ2) is 5.69. The molecule has 0 aromatic carbocycles. The minimum Gasteiger partial charge on any atom is -0.376 e. The third kappa shape index (κ3) is 3.00. The molecular formula is C18H26N2O. The van der Waals surface area contributed by atoms with Gasteiger partial charge < -0.3 is 9.64 Å². The van der Waals surface area contributed by atoms with E-state index in [-0.39, 0.29) is 0 Å². The van der Waals surface area contributed by atoms with Crippen LogP contribution < -0.4 is 0 Å². The van der Waals surface area contributed by atoms with Crippen molar-refractivity contribution in [3.05, 3.63) is 30.1 Å². The first-order valence-electron chi connectivity index (χ1n) is 8.53. The van der Waals surface area contributed by atoms with Crippen LogP contribution in [0.3, 0.4) is 0 Å². The van der Waals surface area contributed by atoms with Crippen molar-refractivity contribution in [1.29, 1.82) is 0 Å². The molecule has 0 bridgehead atoms. The number of ether oxygens (including phenoxy) is 1. The fourth-order valence-corrected chi connectivity index (χ4v) is 4.42. The quantitative estimate of drug-likeness (QED) is 0.803. The van der Waals surface area contributed by atoms with E-state index in [2.05, 4.69) is 22.0 Å². The Hall–Kier alpha value is -0.930. The van der Waals surface area contributed by atoms with Gasteiger partial charge in [0.15, 0.2) is 0 Å². The van der Waals surface area contributed by atoms with Crippen molar-refractivity contribution in [2.75, 3.05) is 26.2 Å². The van der Waals surface area contributed by atoms with E-state index in [0.29, 0.717) is 5.41 Å². The molecule has 114 valence electrons. The molecule has 2 saturated carbocycles. The molecular weight excluding hydrogens is 260 g/mol. The van der Waals surface area contributed by atoms with Gasteiger partial charge in [0.1, 0.15) is 0 Å². The van der Waals surface area contributed by atoms with E-state index in [0.717, 1.165) is 25.0 Å². The Labute approximate surface area is 127 Å². The first-order chi connectivity index (χ1) is 10.3. The van der Waals surface area contributed by atoms with E-state index in [4.69, 9.17) is 4.74 Å². The first kappa shape index (κ1) is 13.7. The van der Waals surface area contributed by atoms with E-state index < -0.39 is 0 Å². The first-order valence-corrected chi connectivity index (χ1v) is 8.53. The van der Waals surface area contributed by atoms with Crippen molar-refractivity contribution >= 4 is 0 Å². The molecule has 21 heavy (non-hydrogen) atoms. The van der Waals surface area contributed by atoms with Crippen LogP contribution in [0.1, 0.15) is 37.7 Å². The fraction of sp³-hybridized carbons (Fsp3) is 0.722. The predicted molar refractivity (Wildman–Crippen MR) is 82.8 cm³/mol. The number of hydrogen-bond donors (Lipinski definition) is 0. The van der Waals surface area contributed by atoms with Crippen LogP contribution in [0.4, 0.5) is 0 Å². The van der Waals surface area contributed by atoms with Crippen molar-refractivity contribution in [2.45, 2.75) is 38.7 Å². The fourth-order valence-electron chi connectivity index (χ4n) is 4.42. The maximum absolute atomic E-state index is 6.12. The summed E-state index contributed by atoms with van der Waals surface area (Å²) in [6.45, 7) is 5.64. The van der Waals surface area contributed by atoms with Gasteiger partial charge in [-0.05, 0) is 55.2 Å². The molecule has 0 N–H and O–H groups in total. The topological polar surface area (TPSA) is 25.4 Å². The molecule has 1 aromatic heterocycles. The average molecular weight is 286 g/mol. The van der Waals surface area contributed by atoms with Gasteiger partial charge in [-0.25, -0.2) is 0 Å². The van der Waals surface area contributed by atoms with Crippen molar-refractivity contribution in [3.63, 3.8) is 0 Å². The van der Waals surface area contributed by atoms with Crippen LogP contribution in [0.15, 0.2) is 24.5 Å². The molecule has 0 unspecified atom stereocenters. The minimum absolute atomic E-state index is 0.460. The lowest BCUT2D eigenvalue weighted by Gasteiger charge is -2.29. The SMILES string of the molecule is c1cc(COC[C@@]23CCC[C@@H]2CN(CC2CC2)C3)ccn1. The standard InChI is InChI=1S/C18H26N2O/c1-2-17-11-20(10-15-3-4-15)13-18(17,7-1)14-21-12-16-5-8-19-9-6-16/h5-6,8-9,15,17H,1-4,7,10-14H2/t17-,18+/m1/s1. The van der Waals surface area contributed by atoms with Gasteiger partial charge in [0.25, 0.3) is 0 Å². The number of rotatable bonds is 6. The van der Waals surface area contributed by atoms with Crippen molar-refractivity contribution < 1.29 is 4.74 Å². The van der Waals surface area contributed by atoms with Gasteiger partial charge in [0.05, 0.1) is 13.2 Å². The van der Waals surface area contributed by atoms with Crippen LogP contribution in [0.5, 0.6) is 0 Å². The highest BCUT2D eigenvalue weighted by atomic mass is 16.5.